The second kappa shape index (κ2) is 7.88. The molecule has 1 saturated heterocycles. The monoisotopic (exact) mass is 381 g/mol. The molecule has 1 aliphatic carbocycles. The van der Waals surface area contributed by atoms with Gasteiger partial charge in [-0.3, -0.25) is 14.9 Å². The summed E-state index contributed by atoms with van der Waals surface area (Å²) in [4.78, 5) is 27.4. The Labute approximate surface area is 163 Å². The molecule has 7 heteroatoms. The van der Waals surface area contributed by atoms with E-state index in [4.69, 9.17) is 4.74 Å². The Balaban J connectivity index is 1.35. The van der Waals surface area contributed by atoms with Gasteiger partial charge in [-0.1, -0.05) is 12.1 Å². The molecule has 0 aromatic heterocycles. The summed E-state index contributed by atoms with van der Waals surface area (Å²) in [7, 11) is 0. The molecular weight excluding hydrogens is 358 g/mol. The van der Waals surface area contributed by atoms with Gasteiger partial charge in [0.05, 0.1) is 11.5 Å². The summed E-state index contributed by atoms with van der Waals surface area (Å²) < 4.78 is 5.72. The molecule has 1 amide bonds. The van der Waals surface area contributed by atoms with E-state index in [1.165, 1.54) is 18.9 Å². The van der Waals surface area contributed by atoms with E-state index >= 15 is 0 Å². The molecule has 28 heavy (non-hydrogen) atoms. The standard InChI is InChI=1S/C21H23N3O4/c25-21(17-7-9-18(10-8-17)28-15-16-5-6-16)23-13-11-22(12-14-23)19-3-1-2-4-20(19)24(26)27/h1-4,7-10,16H,5-6,11-15H2. The molecule has 2 aromatic rings. The molecule has 7 nitrogen and oxygen atoms in total. The van der Waals surface area contributed by atoms with Crippen molar-refractivity contribution in [1.82, 2.24) is 4.90 Å². The van der Waals surface area contributed by atoms with E-state index in [1.807, 2.05) is 17.0 Å². The molecule has 0 N–H and O–H groups in total. The highest BCUT2D eigenvalue weighted by Gasteiger charge is 2.26. The number of rotatable bonds is 6. The van der Waals surface area contributed by atoms with Crippen molar-refractivity contribution in [2.24, 2.45) is 5.92 Å². The van der Waals surface area contributed by atoms with Crippen LogP contribution in [0.3, 0.4) is 0 Å². The van der Waals surface area contributed by atoms with Crippen molar-refractivity contribution in [3.05, 3.63) is 64.2 Å². The molecule has 2 aromatic carbocycles. The number of anilines is 1. The first-order valence-electron chi connectivity index (χ1n) is 9.62. The van der Waals surface area contributed by atoms with E-state index in [2.05, 4.69) is 0 Å². The largest absolute Gasteiger partial charge is 0.493 e. The summed E-state index contributed by atoms with van der Waals surface area (Å²) in [6, 6.07) is 14.0. The first-order chi connectivity index (χ1) is 13.6. The van der Waals surface area contributed by atoms with E-state index in [-0.39, 0.29) is 16.5 Å². The van der Waals surface area contributed by atoms with Crippen LogP contribution >= 0.6 is 0 Å². The highest BCUT2D eigenvalue weighted by Crippen LogP contribution is 2.30. The van der Waals surface area contributed by atoms with Gasteiger partial charge in [0.15, 0.2) is 0 Å². The fourth-order valence-corrected chi connectivity index (χ4v) is 3.41. The van der Waals surface area contributed by atoms with Crippen LogP contribution in [0.1, 0.15) is 23.2 Å². The summed E-state index contributed by atoms with van der Waals surface area (Å²) in [5, 5.41) is 11.2. The number of hydrogen-bond acceptors (Lipinski definition) is 5. The van der Waals surface area contributed by atoms with E-state index < -0.39 is 0 Å². The molecule has 2 fully saturated rings. The van der Waals surface area contributed by atoms with Gasteiger partial charge in [0.25, 0.3) is 11.6 Å². The number of para-hydroxylation sites is 2. The highest BCUT2D eigenvalue weighted by molar-refractivity contribution is 5.94. The quantitative estimate of drug-likeness (QED) is 0.567. The van der Waals surface area contributed by atoms with Crippen LogP contribution in [0.5, 0.6) is 5.75 Å². The number of nitro groups is 1. The predicted octanol–water partition coefficient (Wildman–Crippen LogP) is 3.35. The van der Waals surface area contributed by atoms with Crippen LogP contribution in [0.2, 0.25) is 0 Å². The van der Waals surface area contributed by atoms with Gasteiger partial charge in [0.1, 0.15) is 11.4 Å². The maximum absolute atomic E-state index is 12.8. The number of nitro benzene ring substituents is 1. The number of ether oxygens (including phenoxy) is 1. The van der Waals surface area contributed by atoms with E-state index in [0.717, 1.165) is 12.4 Å². The molecule has 1 aliphatic heterocycles. The summed E-state index contributed by atoms with van der Waals surface area (Å²) in [6.45, 7) is 2.95. The lowest BCUT2D eigenvalue weighted by Gasteiger charge is -2.35. The van der Waals surface area contributed by atoms with Crippen molar-refractivity contribution < 1.29 is 14.5 Å². The number of hydrogen-bond donors (Lipinski definition) is 0. The topological polar surface area (TPSA) is 75.9 Å². The van der Waals surface area contributed by atoms with Crippen molar-refractivity contribution in [3.63, 3.8) is 0 Å². The fourth-order valence-electron chi connectivity index (χ4n) is 3.41. The molecular formula is C21H23N3O4. The molecule has 0 radical (unpaired) electrons. The Kier molecular flexibility index (Phi) is 5.14. The third-order valence-corrected chi connectivity index (χ3v) is 5.27. The van der Waals surface area contributed by atoms with Crippen LogP contribution in [0.25, 0.3) is 0 Å². The number of carbonyl (C=O) groups excluding carboxylic acids is 1. The van der Waals surface area contributed by atoms with E-state index in [9.17, 15) is 14.9 Å². The third-order valence-electron chi connectivity index (χ3n) is 5.27. The first-order valence-corrected chi connectivity index (χ1v) is 9.62. The minimum absolute atomic E-state index is 0.0176. The van der Waals surface area contributed by atoms with Gasteiger partial charge < -0.3 is 14.5 Å². The van der Waals surface area contributed by atoms with Crippen LogP contribution in [0.4, 0.5) is 11.4 Å². The number of amides is 1. The minimum Gasteiger partial charge on any atom is -0.493 e. The summed E-state index contributed by atoms with van der Waals surface area (Å²) in [5.74, 6) is 1.47. The van der Waals surface area contributed by atoms with Gasteiger partial charge in [-0.15, -0.1) is 0 Å². The predicted molar refractivity (Wildman–Crippen MR) is 106 cm³/mol. The van der Waals surface area contributed by atoms with Crippen LogP contribution in [0, 0.1) is 16.0 Å². The van der Waals surface area contributed by atoms with Gasteiger partial charge in [-0.2, -0.15) is 0 Å². The van der Waals surface area contributed by atoms with Gasteiger partial charge >= 0.3 is 0 Å². The Bertz CT molecular complexity index is 856. The lowest BCUT2D eigenvalue weighted by atomic mass is 10.1. The van der Waals surface area contributed by atoms with Crippen molar-refractivity contribution in [3.8, 4) is 5.75 Å². The Morgan fingerprint density at radius 3 is 2.36 bits per heavy atom. The second-order valence-corrected chi connectivity index (χ2v) is 7.30. The fraction of sp³-hybridized carbons (Fsp3) is 0.381. The molecule has 146 valence electrons. The van der Waals surface area contributed by atoms with Gasteiger partial charge in [0.2, 0.25) is 0 Å². The maximum atomic E-state index is 12.8. The summed E-state index contributed by atoms with van der Waals surface area (Å²) in [5.41, 5.74) is 1.35. The average Bonchev–Trinajstić information content (AvgIpc) is 3.57. The molecule has 1 saturated carbocycles. The molecule has 1 heterocycles. The smallest absolute Gasteiger partial charge is 0.292 e. The molecule has 0 spiro atoms. The van der Waals surface area contributed by atoms with Crippen LogP contribution in [-0.4, -0.2) is 48.5 Å². The number of piperazine rings is 1. The third kappa shape index (κ3) is 4.08. The molecule has 2 aliphatic rings. The van der Waals surface area contributed by atoms with E-state index in [0.29, 0.717) is 43.3 Å². The lowest BCUT2D eigenvalue weighted by Crippen LogP contribution is -2.48. The van der Waals surface area contributed by atoms with Gasteiger partial charge in [-0.25, -0.2) is 0 Å². The van der Waals surface area contributed by atoms with Crippen molar-refractivity contribution in [2.75, 3.05) is 37.7 Å². The van der Waals surface area contributed by atoms with Crippen molar-refractivity contribution in [1.29, 1.82) is 0 Å². The average molecular weight is 381 g/mol. The van der Waals surface area contributed by atoms with Gasteiger partial charge in [0, 0.05) is 37.8 Å². The van der Waals surface area contributed by atoms with Crippen LogP contribution in [-0.2, 0) is 0 Å². The zero-order valence-electron chi connectivity index (χ0n) is 15.6. The van der Waals surface area contributed by atoms with Crippen molar-refractivity contribution >= 4 is 17.3 Å². The molecule has 0 bridgehead atoms. The Morgan fingerprint density at radius 2 is 1.71 bits per heavy atom. The number of nitrogens with zero attached hydrogens (tertiary/aromatic N) is 3. The zero-order valence-corrected chi connectivity index (χ0v) is 15.6. The Morgan fingerprint density at radius 1 is 1.04 bits per heavy atom. The SMILES string of the molecule is O=C(c1ccc(OCC2CC2)cc1)N1CCN(c2ccccc2[N+](=O)[O-])CC1. The molecule has 4 rings (SSSR count). The number of benzene rings is 2. The highest BCUT2D eigenvalue weighted by atomic mass is 16.6. The summed E-state index contributed by atoms with van der Waals surface area (Å²) in [6.07, 6.45) is 2.49. The Hall–Kier alpha value is -3.09. The maximum Gasteiger partial charge on any atom is 0.292 e. The molecule has 0 atom stereocenters. The minimum atomic E-state index is -0.361. The van der Waals surface area contributed by atoms with Crippen LogP contribution in [0.15, 0.2) is 48.5 Å². The number of carbonyl (C=O) groups is 1. The zero-order chi connectivity index (χ0) is 19.5. The van der Waals surface area contributed by atoms with Crippen molar-refractivity contribution in [2.45, 2.75) is 12.8 Å². The summed E-state index contributed by atoms with van der Waals surface area (Å²) >= 11 is 0. The van der Waals surface area contributed by atoms with Gasteiger partial charge in [-0.05, 0) is 49.1 Å². The first kappa shape index (κ1) is 18.3. The molecule has 0 unspecified atom stereocenters. The van der Waals surface area contributed by atoms with E-state index in [1.54, 1.807) is 35.2 Å². The van der Waals surface area contributed by atoms with Crippen LogP contribution < -0.4 is 9.64 Å². The second-order valence-electron chi connectivity index (χ2n) is 7.30. The lowest BCUT2D eigenvalue weighted by molar-refractivity contribution is -0.384. The normalized spacial score (nSPS) is 16.7.